The zero-order chi connectivity index (χ0) is 18.2. The number of methoxy groups -OCH3 is 2. The number of rotatable bonds is 3. The number of hydrogen-bond donors (Lipinski definition) is 1. The maximum atomic E-state index is 12.0. The molecule has 0 amide bonds. The van der Waals surface area contributed by atoms with E-state index in [0.717, 1.165) is 0 Å². The highest BCUT2D eigenvalue weighted by Gasteiger charge is 2.26. The Hall–Kier alpha value is -2.29. The zero-order valence-electron chi connectivity index (χ0n) is 14.5. The molecule has 136 valence electrons. The number of nitrogen functional groups attached to an aromatic ring is 1. The van der Waals surface area contributed by atoms with E-state index in [1.54, 1.807) is 26.4 Å². The van der Waals surface area contributed by atoms with E-state index < -0.39 is 9.84 Å². The van der Waals surface area contributed by atoms with Crippen LogP contribution in [0.15, 0.2) is 12.1 Å². The summed E-state index contributed by atoms with van der Waals surface area (Å²) in [5.74, 6) is 2.11. The Morgan fingerprint density at radius 1 is 1.20 bits per heavy atom. The number of benzene rings is 1. The Kier molecular flexibility index (Phi) is 4.59. The summed E-state index contributed by atoms with van der Waals surface area (Å²) in [5, 5.41) is 0.664. The third-order valence-electron chi connectivity index (χ3n) is 4.24. The van der Waals surface area contributed by atoms with E-state index in [4.69, 9.17) is 15.2 Å². The van der Waals surface area contributed by atoms with Crippen LogP contribution in [0.2, 0.25) is 0 Å². The number of sulfone groups is 1. The van der Waals surface area contributed by atoms with Crippen LogP contribution in [0.4, 0.5) is 11.8 Å². The van der Waals surface area contributed by atoms with E-state index in [2.05, 4.69) is 9.97 Å². The molecule has 1 aromatic carbocycles. The van der Waals surface area contributed by atoms with Crippen molar-refractivity contribution in [2.45, 2.75) is 6.92 Å². The molecule has 1 saturated heterocycles. The fourth-order valence-electron chi connectivity index (χ4n) is 3.08. The molecule has 1 unspecified atom stereocenters. The van der Waals surface area contributed by atoms with E-state index in [0.29, 0.717) is 47.3 Å². The molecule has 1 aromatic heterocycles. The van der Waals surface area contributed by atoms with Gasteiger partial charge in [0.25, 0.3) is 0 Å². The quantitative estimate of drug-likeness (QED) is 0.860. The summed E-state index contributed by atoms with van der Waals surface area (Å²) in [4.78, 5) is 10.8. The molecule has 0 radical (unpaired) electrons. The van der Waals surface area contributed by atoms with Crippen LogP contribution >= 0.6 is 0 Å². The fraction of sp³-hybridized carbons (Fsp3) is 0.500. The molecule has 8 nitrogen and oxygen atoms in total. The molecule has 0 spiro atoms. The molecule has 9 heteroatoms. The van der Waals surface area contributed by atoms with Crippen LogP contribution in [0.1, 0.15) is 6.92 Å². The van der Waals surface area contributed by atoms with Crippen molar-refractivity contribution >= 4 is 32.5 Å². The van der Waals surface area contributed by atoms with E-state index in [-0.39, 0.29) is 17.4 Å². The van der Waals surface area contributed by atoms with Crippen LogP contribution in [-0.4, -0.2) is 57.2 Å². The average Bonchev–Trinajstić information content (AvgIpc) is 2.70. The molecule has 2 aromatic rings. The lowest BCUT2D eigenvalue weighted by Gasteiger charge is -2.22. The Balaban J connectivity index is 2.05. The Labute approximate surface area is 146 Å². The second-order valence-corrected chi connectivity index (χ2v) is 8.53. The fourth-order valence-corrected chi connectivity index (χ4v) is 4.71. The molecule has 2 heterocycles. The van der Waals surface area contributed by atoms with Crippen LogP contribution in [0.3, 0.4) is 0 Å². The summed E-state index contributed by atoms with van der Waals surface area (Å²) in [6, 6.07) is 3.48. The predicted octanol–water partition coefficient (Wildman–Crippen LogP) is 1.10. The average molecular weight is 366 g/mol. The van der Waals surface area contributed by atoms with Gasteiger partial charge in [-0.05, 0) is 12.0 Å². The van der Waals surface area contributed by atoms with Crippen molar-refractivity contribution in [1.82, 2.24) is 9.97 Å². The summed E-state index contributed by atoms with van der Waals surface area (Å²) in [6.45, 7) is 2.83. The predicted molar refractivity (Wildman–Crippen MR) is 97.1 cm³/mol. The molecular weight excluding hydrogens is 344 g/mol. The SMILES string of the molecule is COc1cc2nc(N3CCS(=O)(=O)CC(C)C3)nc(N)c2cc1OC. The Morgan fingerprint density at radius 3 is 2.56 bits per heavy atom. The van der Waals surface area contributed by atoms with Gasteiger partial charge in [0.2, 0.25) is 5.95 Å². The van der Waals surface area contributed by atoms with Gasteiger partial charge < -0.3 is 20.1 Å². The topological polar surface area (TPSA) is 108 Å². The lowest BCUT2D eigenvalue weighted by atomic mass is 10.2. The Bertz CT molecular complexity index is 901. The molecule has 1 atom stereocenters. The molecule has 3 rings (SSSR count). The van der Waals surface area contributed by atoms with Gasteiger partial charge in [0.15, 0.2) is 21.3 Å². The second-order valence-electron chi connectivity index (χ2n) is 6.30. The normalized spacial score (nSPS) is 20.3. The Morgan fingerprint density at radius 2 is 1.88 bits per heavy atom. The van der Waals surface area contributed by atoms with Crippen molar-refractivity contribution < 1.29 is 17.9 Å². The standard InChI is InChI=1S/C16H22N4O4S/c1-10-8-20(4-5-25(21,22)9-10)16-18-12-7-14(24-3)13(23-2)6-11(12)15(17)19-16/h6-7,10H,4-5,8-9H2,1-3H3,(H2,17,18,19). The number of nitrogens with zero attached hydrogens (tertiary/aromatic N) is 3. The van der Waals surface area contributed by atoms with Crippen molar-refractivity contribution in [2.75, 3.05) is 49.4 Å². The van der Waals surface area contributed by atoms with Crippen LogP contribution in [0, 0.1) is 5.92 Å². The van der Waals surface area contributed by atoms with Gasteiger partial charge in [-0.2, -0.15) is 4.98 Å². The minimum atomic E-state index is -3.05. The van der Waals surface area contributed by atoms with Crippen LogP contribution in [0.25, 0.3) is 10.9 Å². The number of anilines is 2. The van der Waals surface area contributed by atoms with Gasteiger partial charge in [0.1, 0.15) is 5.82 Å². The molecule has 1 aliphatic heterocycles. The van der Waals surface area contributed by atoms with Gasteiger partial charge in [0.05, 0.1) is 31.2 Å². The zero-order valence-corrected chi connectivity index (χ0v) is 15.3. The van der Waals surface area contributed by atoms with E-state index in [1.807, 2.05) is 11.8 Å². The third-order valence-corrected chi connectivity index (χ3v) is 6.13. The van der Waals surface area contributed by atoms with Crippen LogP contribution in [0.5, 0.6) is 11.5 Å². The molecular formula is C16H22N4O4S. The van der Waals surface area contributed by atoms with Crippen LogP contribution in [-0.2, 0) is 9.84 Å². The lowest BCUT2D eigenvalue weighted by Crippen LogP contribution is -2.30. The molecule has 1 aliphatic rings. The van der Waals surface area contributed by atoms with Crippen molar-refractivity contribution in [3.05, 3.63) is 12.1 Å². The first-order chi connectivity index (χ1) is 11.8. The van der Waals surface area contributed by atoms with Gasteiger partial charge in [-0.15, -0.1) is 0 Å². The minimum absolute atomic E-state index is 0.00146. The number of ether oxygens (including phenoxy) is 2. The van der Waals surface area contributed by atoms with Gasteiger partial charge in [-0.3, -0.25) is 0 Å². The summed E-state index contributed by atoms with van der Waals surface area (Å²) in [5.41, 5.74) is 6.74. The van der Waals surface area contributed by atoms with E-state index >= 15 is 0 Å². The third kappa shape index (κ3) is 3.55. The highest BCUT2D eigenvalue weighted by Crippen LogP contribution is 2.34. The minimum Gasteiger partial charge on any atom is -0.493 e. The van der Waals surface area contributed by atoms with Crippen molar-refractivity contribution in [3.63, 3.8) is 0 Å². The highest BCUT2D eigenvalue weighted by atomic mass is 32.2. The molecule has 2 N–H and O–H groups in total. The molecule has 25 heavy (non-hydrogen) atoms. The lowest BCUT2D eigenvalue weighted by molar-refractivity contribution is 0.356. The van der Waals surface area contributed by atoms with Gasteiger partial charge in [0, 0.05) is 24.5 Å². The smallest absolute Gasteiger partial charge is 0.227 e. The first-order valence-corrected chi connectivity index (χ1v) is 9.79. The number of nitrogens with two attached hydrogens (primary N) is 1. The van der Waals surface area contributed by atoms with E-state index in [1.165, 1.54) is 0 Å². The first kappa shape index (κ1) is 17.5. The first-order valence-electron chi connectivity index (χ1n) is 7.97. The highest BCUT2D eigenvalue weighted by molar-refractivity contribution is 7.91. The van der Waals surface area contributed by atoms with Gasteiger partial charge in [-0.1, -0.05) is 6.92 Å². The second kappa shape index (κ2) is 6.55. The van der Waals surface area contributed by atoms with Gasteiger partial charge in [-0.25, -0.2) is 13.4 Å². The number of aromatic nitrogens is 2. The molecule has 1 fully saturated rings. The van der Waals surface area contributed by atoms with E-state index in [9.17, 15) is 8.42 Å². The maximum absolute atomic E-state index is 12.0. The number of fused-ring (bicyclic) bond motifs is 1. The summed E-state index contributed by atoms with van der Waals surface area (Å²) < 4.78 is 34.5. The van der Waals surface area contributed by atoms with Crippen molar-refractivity contribution in [1.29, 1.82) is 0 Å². The van der Waals surface area contributed by atoms with Crippen molar-refractivity contribution in [2.24, 2.45) is 5.92 Å². The summed E-state index contributed by atoms with van der Waals surface area (Å²) >= 11 is 0. The molecule has 0 saturated carbocycles. The van der Waals surface area contributed by atoms with Crippen molar-refractivity contribution in [3.8, 4) is 11.5 Å². The monoisotopic (exact) mass is 366 g/mol. The number of hydrogen-bond acceptors (Lipinski definition) is 8. The maximum Gasteiger partial charge on any atom is 0.227 e. The summed E-state index contributed by atoms with van der Waals surface area (Å²) in [7, 11) is 0.0552. The molecule has 0 bridgehead atoms. The largest absolute Gasteiger partial charge is 0.493 e. The molecule has 0 aliphatic carbocycles. The summed E-state index contributed by atoms with van der Waals surface area (Å²) in [6.07, 6.45) is 0. The van der Waals surface area contributed by atoms with Gasteiger partial charge >= 0.3 is 0 Å². The van der Waals surface area contributed by atoms with Crippen LogP contribution < -0.4 is 20.1 Å².